The van der Waals surface area contributed by atoms with Gasteiger partial charge in [-0.1, -0.05) is 30.3 Å². The van der Waals surface area contributed by atoms with E-state index in [1.807, 2.05) is 0 Å². The Morgan fingerprint density at radius 2 is 1.56 bits per heavy atom. The van der Waals surface area contributed by atoms with Crippen LogP contribution < -0.4 is 5.01 Å². The second kappa shape index (κ2) is 9.96. The molecule has 11 nitrogen and oxygen atoms in total. The van der Waals surface area contributed by atoms with Crippen molar-refractivity contribution in [3.05, 3.63) is 60.7 Å². The summed E-state index contributed by atoms with van der Waals surface area (Å²) in [5, 5.41) is 13.6. The van der Waals surface area contributed by atoms with Crippen LogP contribution in [-0.4, -0.2) is 92.5 Å². The standard InChI is InChI=1S/C20H16N4O7S2.Ba/c1-12-18(20(25)24(23-12)14-7-9-15(10-8-14)32(26,27)28)22-21-17-11-6-13-4-2-3-5-16(13)19(17)33(29,30)31;/h2-11,18H,1H3,(H,26,27,28)(H,29,30,31);/q;+2/p-2. The average molecular weight is 624 g/mol. The van der Waals surface area contributed by atoms with Gasteiger partial charge in [0.1, 0.15) is 25.9 Å². The molecular formula is C20H14BaN4O7S2. The smallest absolute Gasteiger partial charge is 0.744 e. The number of carbonyl (C=O) groups is 1. The van der Waals surface area contributed by atoms with Gasteiger partial charge in [-0.2, -0.15) is 20.3 Å². The summed E-state index contributed by atoms with van der Waals surface area (Å²) in [7, 11) is -9.55. The van der Waals surface area contributed by atoms with Gasteiger partial charge in [0.2, 0.25) is 0 Å². The third-order valence-electron chi connectivity index (χ3n) is 4.86. The van der Waals surface area contributed by atoms with Crippen LogP contribution in [-0.2, 0) is 25.0 Å². The Hall–Kier alpha value is -1.95. The number of hydrazone groups is 1. The number of azo groups is 1. The van der Waals surface area contributed by atoms with Gasteiger partial charge >= 0.3 is 48.9 Å². The molecule has 3 aromatic carbocycles. The number of carbonyl (C=O) groups excluding carboxylic acids is 1. The van der Waals surface area contributed by atoms with Crippen molar-refractivity contribution in [3.63, 3.8) is 0 Å². The molecule has 0 spiro atoms. The van der Waals surface area contributed by atoms with E-state index in [1.54, 1.807) is 24.3 Å². The number of anilines is 1. The van der Waals surface area contributed by atoms with Crippen molar-refractivity contribution in [3.8, 4) is 0 Å². The Morgan fingerprint density at radius 1 is 0.912 bits per heavy atom. The molecule has 3 aromatic rings. The van der Waals surface area contributed by atoms with E-state index in [9.17, 15) is 30.7 Å². The summed E-state index contributed by atoms with van der Waals surface area (Å²) >= 11 is 0. The van der Waals surface area contributed by atoms with Crippen LogP contribution in [0.3, 0.4) is 0 Å². The van der Waals surface area contributed by atoms with E-state index < -0.39 is 42.0 Å². The van der Waals surface area contributed by atoms with Crippen molar-refractivity contribution in [2.24, 2.45) is 15.3 Å². The summed E-state index contributed by atoms with van der Waals surface area (Å²) in [6.45, 7) is 1.50. The van der Waals surface area contributed by atoms with Crippen LogP contribution >= 0.6 is 0 Å². The zero-order chi connectivity index (χ0) is 24.0. The minimum absolute atomic E-state index is 0. The molecule has 0 fully saturated rings. The van der Waals surface area contributed by atoms with Crippen molar-refractivity contribution in [2.75, 3.05) is 5.01 Å². The van der Waals surface area contributed by atoms with Crippen molar-refractivity contribution >= 4 is 103 Å². The largest absolute Gasteiger partial charge is 2.00 e. The fourth-order valence-electron chi connectivity index (χ4n) is 3.32. The molecule has 1 unspecified atom stereocenters. The van der Waals surface area contributed by atoms with Crippen LogP contribution in [0.4, 0.5) is 11.4 Å². The third kappa shape index (κ3) is 5.32. The molecule has 0 aromatic heterocycles. The molecule has 1 atom stereocenters. The molecule has 0 aliphatic carbocycles. The molecule has 34 heavy (non-hydrogen) atoms. The Bertz CT molecular complexity index is 1550. The molecule has 1 aliphatic heterocycles. The van der Waals surface area contributed by atoms with Gasteiger partial charge in [0.15, 0.2) is 6.04 Å². The van der Waals surface area contributed by atoms with E-state index in [2.05, 4.69) is 15.3 Å². The van der Waals surface area contributed by atoms with Gasteiger partial charge < -0.3 is 9.11 Å². The number of hydrogen-bond acceptors (Lipinski definition) is 10. The number of hydrogen-bond donors (Lipinski definition) is 0. The first-order valence-corrected chi connectivity index (χ1v) is 12.1. The molecule has 0 saturated carbocycles. The van der Waals surface area contributed by atoms with E-state index in [1.165, 1.54) is 31.2 Å². The minimum atomic E-state index is -4.91. The normalized spacial score (nSPS) is 16.7. The Morgan fingerprint density at radius 3 is 2.18 bits per heavy atom. The summed E-state index contributed by atoms with van der Waals surface area (Å²) in [6, 6.07) is 12.7. The van der Waals surface area contributed by atoms with E-state index in [-0.39, 0.29) is 71.4 Å². The second-order valence-electron chi connectivity index (χ2n) is 7.05. The van der Waals surface area contributed by atoms with Gasteiger partial charge in [0.25, 0.3) is 5.91 Å². The number of nitrogens with zero attached hydrogens (tertiary/aromatic N) is 4. The zero-order valence-electron chi connectivity index (χ0n) is 17.5. The molecule has 1 amide bonds. The minimum Gasteiger partial charge on any atom is -0.744 e. The summed E-state index contributed by atoms with van der Waals surface area (Å²) < 4.78 is 69.0. The first-order valence-electron chi connectivity index (χ1n) is 9.30. The molecule has 0 saturated heterocycles. The summed E-state index contributed by atoms with van der Waals surface area (Å²) in [5.41, 5.74) is 0.210. The van der Waals surface area contributed by atoms with Crippen LogP contribution in [0.1, 0.15) is 6.92 Å². The van der Waals surface area contributed by atoms with E-state index >= 15 is 0 Å². The van der Waals surface area contributed by atoms with E-state index in [4.69, 9.17) is 0 Å². The maximum Gasteiger partial charge on any atom is 2.00 e. The van der Waals surface area contributed by atoms with Gasteiger partial charge in [0.05, 0.1) is 21.2 Å². The van der Waals surface area contributed by atoms with Gasteiger partial charge in [-0.25, -0.2) is 16.8 Å². The predicted molar refractivity (Wildman–Crippen MR) is 121 cm³/mol. The van der Waals surface area contributed by atoms with Crippen molar-refractivity contribution in [1.29, 1.82) is 0 Å². The summed E-state index contributed by atoms with van der Waals surface area (Å²) in [4.78, 5) is 11.8. The molecule has 0 bridgehead atoms. The Kier molecular flexibility index (Phi) is 7.81. The molecule has 1 heterocycles. The van der Waals surface area contributed by atoms with Crippen LogP contribution in [0, 0.1) is 0 Å². The van der Waals surface area contributed by atoms with Gasteiger partial charge in [-0.15, -0.1) is 0 Å². The van der Waals surface area contributed by atoms with Crippen molar-refractivity contribution < 1.29 is 30.7 Å². The van der Waals surface area contributed by atoms with E-state index in [0.29, 0.717) is 5.39 Å². The van der Waals surface area contributed by atoms with Crippen LogP contribution in [0.5, 0.6) is 0 Å². The number of amides is 1. The number of rotatable bonds is 5. The average Bonchev–Trinajstić information content (AvgIpc) is 3.03. The molecule has 14 heteroatoms. The summed E-state index contributed by atoms with van der Waals surface area (Å²) in [6.07, 6.45) is 0. The van der Waals surface area contributed by atoms with Crippen molar-refractivity contribution in [1.82, 2.24) is 0 Å². The molecule has 0 N–H and O–H groups in total. The maximum absolute atomic E-state index is 12.8. The van der Waals surface area contributed by atoms with Gasteiger partial charge in [-0.3, -0.25) is 4.79 Å². The van der Waals surface area contributed by atoms with Gasteiger partial charge in [-0.05, 0) is 42.6 Å². The number of benzene rings is 3. The monoisotopic (exact) mass is 624 g/mol. The predicted octanol–water partition coefficient (Wildman–Crippen LogP) is 2.14. The first kappa shape index (κ1) is 26.7. The first-order chi connectivity index (χ1) is 15.5. The Labute approximate surface area is 235 Å². The second-order valence-corrected chi connectivity index (χ2v) is 9.74. The van der Waals surface area contributed by atoms with Crippen LogP contribution in [0.25, 0.3) is 10.8 Å². The van der Waals surface area contributed by atoms with Crippen LogP contribution in [0.2, 0.25) is 0 Å². The van der Waals surface area contributed by atoms with E-state index in [0.717, 1.165) is 17.1 Å². The molecular weight excluding hydrogens is 610 g/mol. The molecule has 0 radical (unpaired) electrons. The molecule has 4 rings (SSSR count). The van der Waals surface area contributed by atoms with Crippen LogP contribution in [0.15, 0.2) is 85.8 Å². The maximum atomic E-state index is 12.8. The summed E-state index contributed by atoms with van der Waals surface area (Å²) in [5.74, 6) is -0.638. The molecule has 1 aliphatic rings. The SMILES string of the molecule is CC1=NN(c2ccc(S(=O)(=O)[O-])cc2)C(=O)C1N=Nc1ccc2ccccc2c1S(=O)(=O)[O-].[Ba+2]. The Balaban J connectivity index is 0.00000324. The fourth-order valence-corrected chi connectivity index (χ4v) is 4.61. The third-order valence-corrected chi connectivity index (χ3v) is 6.63. The molecule has 170 valence electrons. The fraction of sp³-hybridized carbons (Fsp3) is 0.100. The van der Waals surface area contributed by atoms with Crippen molar-refractivity contribution in [2.45, 2.75) is 22.8 Å². The quantitative estimate of drug-likeness (QED) is 0.238. The topological polar surface area (TPSA) is 172 Å². The zero-order valence-corrected chi connectivity index (χ0v) is 23.6. The number of fused-ring (bicyclic) bond motifs is 1. The van der Waals surface area contributed by atoms with Gasteiger partial charge in [0, 0.05) is 5.39 Å².